The molecule has 2 N–H and O–H groups in total. The van der Waals surface area contributed by atoms with E-state index >= 15 is 0 Å². The molecule has 2 aromatic carbocycles. The van der Waals surface area contributed by atoms with E-state index in [-0.39, 0.29) is 5.56 Å². The molecule has 7 heteroatoms. The maximum Gasteiger partial charge on any atom is 0.253 e. The van der Waals surface area contributed by atoms with Crippen LogP contribution in [0.4, 0.5) is 0 Å². The van der Waals surface area contributed by atoms with Gasteiger partial charge < -0.3 is 24.7 Å². The highest BCUT2D eigenvalue weighted by Gasteiger charge is 2.20. The molecule has 1 aromatic heterocycles. The zero-order valence-corrected chi connectivity index (χ0v) is 19.5. The third kappa shape index (κ3) is 5.14. The number of thiocarbonyl (C=S) groups is 1. The Morgan fingerprint density at radius 3 is 2.48 bits per heavy atom. The fourth-order valence-corrected chi connectivity index (χ4v) is 4.92. The van der Waals surface area contributed by atoms with Gasteiger partial charge in [-0.25, -0.2) is 0 Å². The van der Waals surface area contributed by atoms with Crippen LogP contribution in [0.5, 0.6) is 11.5 Å². The molecule has 6 nitrogen and oxygen atoms in total. The van der Waals surface area contributed by atoms with Crippen molar-refractivity contribution in [2.45, 2.75) is 51.2 Å². The zero-order valence-electron chi connectivity index (χ0n) is 18.6. The van der Waals surface area contributed by atoms with Crippen LogP contribution >= 0.6 is 12.2 Å². The maximum atomic E-state index is 13.0. The summed E-state index contributed by atoms with van der Waals surface area (Å²) in [5, 5.41) is 5.18. The van der Waals surface area contributed by atoms with E-state index < -0.39 is 0 Å². The molecule has 0 bridgehead atoms. The van der Waals surface area contributed by atoms with Gasteiger partial charge in [0, 0.05) is 29.6 Å². The van der Waals surface area contributed by atoms with Gasteiger partial charge in [0.15, 0.2) is 16.6 Å². The lowest BCUT2D eigenvalue weighted by Crippen LogP contribution is -2.45. The van der Waals surface area contributed by atoms with E-state index in [0.717, 1.165) is 29.3 Å². The average Bonchev–Trinajstić information content (AvgIpc) is 2.84. The third-order valence-electron chi connectivity index (χ3n) is 6.38. The predicted molar refractivity (Wildman–Crippen MR) is 134 cm³/mol. The summed E-state index contributed by atoms with van der Waals surface area (Å²) >= 11 is 5.84. The molecule has 0 atom stereocenters. The molecule has 0 unspecified atom stereocenters. The predicted octanol–water partition coefficient (Wildman–Crippen LogP) is 4.51. The van der Waals surface area contributed by atoms with Gasteiger partial charge in [-0.3, -0.25) is 4.79 Å². The van der Waals surface area contributed by atoms with E-state index in [1.54, 1.807) is 0 Å². The Balaban J connectivity index is 1.42. The molecular formula is C26H29N3O3S. The van der Waals surface area contributed by atoms with E-state index in [0.29, 0.717) is 54.5 Å². The molecule has 172 valence electrons. The van der Waals surface area contributed by atoms with Gasteiger partial charge in [-0.2, -0.15) is 0 Å². The van der Waals surface area contributed by atoms with Gasteiger partial charge in [-0.05, 0) is 42.8 Å². The van der Waals surface area contributed by atoms with Crippen LogP contribution in [0.15, 0.2) is 53.3 Å². The summed E-state index contributed by atoms with van der Waals surface area (Å²) in [6.45, 7) is 2.10. The first kappa shape index (κ1) is 21.8. The fraction of sp³-hybridized carbons (Fsp3) is 0.385. The Bertz CT molecular complexity index is 1190. The fourth-order valence-electron chi connectivity index (χ4n) is 4.63. The summed E-state index contributed by atoms with van der Waals surface area (Å²) in [6, 6.07) is 16.4. The normalized spacial score (nSPS) is 15.9. The number of fused-ring (bicyclic) bond motifs is 2. The van der Waals surface area contributed by atoms with Crippen molar-refractivity contribution in [1.82, 2.24) is 15.2 Å². The van der Waals surface area contributed by atoms with Crippen molar-refractivity contribution >= 4 is 28.2 Å². The lowest BCUT2D eigenvalue weighted by Gasteiger charge is -2.31. The minimum atomic E-state index is -0.113. The van der Waals surface area contributed by atoms with Crippen LogP contribution < -0.4 is 20.3 Å². The van der Waals surface area contributed by atoms with Crippen molar-refractivity contribution in [3.05, 3.63) is 70.0 Å². The molecule has 0 amide bonds. The molecule has 2 heterocycles. The van der Waals surface area contributed by atoms with Crippen molar-refractivity contribution < 1.29 is 9.47 Å². The molecule has 1 aliphatic carbocycles. The maximum absolute atomic E-state index is 13.0. The lowest BCUT2D eigenvalue weighted by atomic mass is 9.96. The first-order chi connectivity index (χ1) is 16.2. The summed E-state index contributed by atoms with van der Waals surface area (Å²) in [7, 11) is 0. The number of nitrogens with zero attached hydrogens (tertiary/aromatic N) is 1. The molecule has 1 fully saturated rings. The number of pyridine rings is 1. The molecule has 1 saturated carbocycles. The highest BCUT2D eigenvalue weighted by atomic mass is 32.1. The Kier molecular flexibility index (Phi) is 6.48. The number of benzene rings is 2. The van der Waals surface area contributed by atoms with Crippen LogP contribution in [-0.4, -0.2) is 34.3 Å². The minimum absolute atomic E-state index is 0.113. The molecular weight excluding hydrogens is 434 g/mol. The van der Waals surface area contributed by atoms with Gasteiger partial charge in [0.2, 0.25) is 0 Å². The summed E-state index contributed by atoms with van der Waals surface area (Å²) in [4.78, 5) is 18.1. The van der Waals surface area contributed by atoms with E-state index in [1.165, 1.54) is 19.3 Å². The average molecular weight is 464 g/mol. The van der Waals surface area contributed by atoms with Gasteiger partial charge >= 0.3 is 0 Å². The Morgan fingerprint density at radius 1 is 1.00 bits per heavy atom. The summed E-state index contributed by atoms with van der Waals surface area (Å²) < 4.78 is 11.4. The largest absolute Gasteiger partial charge is 0.486 e. The van der Waals surface area contributed by atoms with E-state index in [1.807, 2.05) is 36.4 Å². The molecule has 5 rings (SSSR count). The number of aromatic nitrogens is 1. The highest BCUT2D eigenvalue weighted by molar-refractivity contribution is 7.80. The topological polar surface area (TPSA) is 66.6 Å². The first-order valence-electron chi connectivity index (χ1n) is 11.7. The highest BCUT2D eigenvalue weighted by Crippen LogP contribution is 2.33. The second-order valence-corrected chi connectivity index (χ2v) is 9.22. The smallest absolute Gasteiger partial charge is 0.253 e. The second-order valence-electron chi connectivity index (χ2n) is 8.83. The van der Waals surface area contributed by atoms with Crippen molar-refractivity contribution in [3.8, 4) is 11.5 Å². The van der Waals surface area contributed by atoms with Gasteiger partial charge in [0.25, 0.3) is 5.56 Å². The summed E-state index contributed by atoms with van der Waals surface area (Å²) in [5.74, 6) is 1.38. The number of hydrogen-bond acceptors (Lipinski definition) is 4. The molecule has 1 aliphatic heterocycles. The Hall–Kier alpha value is -3.06. The zero-order chi connectivity index (χ0) is 22.6. The van der Waals surface area contributed by atoms with Gasteiger partial charge in [0.05, 0.1) is 12.1 Å². The van der Waals surface area contributed by atoms with Crippen molar-refractivity contribution in [3.63, 3.8) is 0 Å². The number of nitrogens with one attached hydrogen (secondary N) is 2. The van der Waals surface area contributed by atoms with Crippen LogP contribution in [0.25, 0.3) is 10.9 Å². The van der Waals surface area contributed by atoms with Gasteiger partial charge in [-0.15, -0.1) is 0 Å². The van der Waals surface area contributed by atoms with Crippen LogP contribution in [0, 0.1) is 0 Å². The summed E-state index contributed by atoms with van der Waals surface area (Å²) in [5.41, 5.74) is 2.45. The summed E-state index contributed by atoms with van der Waals surface area (Å²) in [6.07, 6.45) is 6.05. The lowest BCUT2D eigenvalue weighted by molar-refractivity contribution is 0.172. The molecule has 0 saturated heterocycles. The second kappa shape index (κ2) is 9.83. The van der Waals surface area contributed by atoms with Crippen molar-refractivity contribution in [1.29, 1.82) is 0 Å². The molecule has 33 heavy (non-hydrogen) atoms. The van der Waals surface area contributed by atoms with E-state index in [2.05, 4.69) is 27.3 Å². The third-order valence-corrected chi connectivity index (χ3v) is 6.76. The van der Waals surface area contributed by atoms with Crippen LogP contribution in [0.1, 0.15) is 43.2 Å². The monoisotopic (exact) mass is 463 g/mol. The number of H-pyrrole nitrogens is 1. The molecule has 3 aromatic rings. The van der Waals surface area contributed by atoms with Crippen LogP contribution in [0.3, 0.4) is 0 Å². The Labute approximate surface area is 198 Å². The SMILES string of the molecule is O=c1[nH]c2cc3c(cc2cc1CN(Cc1ccccc1)C(=S)NC1CCCCC1)OCCO3. The molecule has 2 aliphatic rings. The number of hydrogen-bond donors (Lipinski definition) is 2. The van der Waals surface area contributed by atoms with Crippen LogP contribution in [0.2, 0.25) is 0 Å². The first-order valence-corrected chi connectivity index (χ1v) is 12.1. The Morgan fingerprint density at radius 2 is 1.73 bits per heavy atom. The van der Waals surface area contributed by atoms with Crippen molar-refractivity contribution in [2.75, 3.05) is 13.2 Å². The van der Waals surface area contributed by atoms with Gasteiger partial charge in [-0.1, -0.05) is 49.6 Å². The minimum Gasteiger partial charge on any atom is -0.486 e. The standard InChI is InChI=1S/C26H29N3O3S/c30-25-20(13-19-14-23-24(15-22(19)28-25)32-12-11-31-23)17-29(16-18-7-3-1-4-8-18)26(33)27-21-9-5-2-6-10-21/h1,3-4,7-8,13-15,21H,2,5-6,9-12,16-17H2,(H,27,33)(H,28,30). The van der Waals surface area contributed by atoms with Crippen LogP contribution in [-0.2, 0) is 13.1 Å². The number of rotatable bonds is 5. The number of ether oxygens (including phenoxy) is 2. The quantitative estimate of drug-likeness (QED) is 0.543. The molecule has 0 spiro atoms. The van der Waals surface area contributed by atoms with Crippen molar-refractivity contribution in [2.24, 2.45) is 0 Å². The van der Waals surface area contributed by atoms with Gasteiger partial charge in [0.1, 0.15) is 13.2 Å². The van der Waals surface area contributed by atoms with E-state index in [4.69, 9.17) is 21.7 Å². The molecule has 0 radical (unpaired) electrons. The van der Waals surface area contributed by atoms with E-state index in [9.17, 15) is 4.79 Å². The number of aromatic amines is 1.